The van der Waals surface area contributed by atoms with E-state index in [-0.39, 0.29) is 13.2 Å². The van der Waals surface area contributed by atoms with E-state index in [0.717, 1.165) is 11.1 Å². The second kappa shape index (κ2) is 14.9. The second-order valence-corrected chi connectivity index (χ2v) is 8.71. The van der Waals surface area contributed by atoms with Crippen LogP contribution in [0.4, 0.5) is 9.59 Å². The van der Waals surface area contributed by atoms with Gasteiger partial charge in [-0.1, -0.05) is 85.8 Å². The number of nitrogens with one attached hydrogen (secondary N) is 1. The summed E-state index contributed by atoms with van der Waals surface area (Å²) in [6.07, 6.45) is -1.21. The molecule has 0 heterocycles. The van der Waals surface area contributed by atoms with Gasteiger partial charge in [-0.15, -0.1) is 0 Å². The molecule has 0 saturated heterocycles. The van der Waals surface area contributed by atoms with Crippen molar-refractivity contribution in [2.75, 3.05) is 27.0 Å². The summed E-state index contributed by atoms with van der Waals surface area (Å²) in [6, 6.07) is 26.7. The van der Waals surface area contributed by atoms with Gasteiger partial charge in [0.1, 0.15) is 25.3 Å². The molecule has 10 heteroatoms. The van der Waals surface area contributed by atoms with E-state index in [2.05, 4.69) is 5.32 Å². The average molecular weight is 549 g/mol. The Morgan fingerprint density at radius 2 is 1.38 bits per heavy atom. The molecule has 0 aliphatic heterocycles. The number of likely N-dealkylation sites (N-methyl/N-ethyl adjacent to an activating group) is 1. The number of alkyl carbamates (subject to hydrolysis) is 1. The van der Waals surface area contributed by atoms with E-state index in [9.17, 15) is 19.2 Å². The number of benzene rings is 3. The average Bonchev–Trinajstić information content (AvgIpc) is 3.00. The van der Waals surface area contributed by atoms with Crippen molar-refractivity contribution in [1.82, 2.24) is 10.2 Å². The zero-order chi connectivity index (χ0) is 28.8. The number of hydrogen-bond donors (Lipinski definition) is 1. The highest BCUT2D eigenvalue weighted by Gasteiger charge is 2.40. The van der Waals surface area contributed by atoms with Crippen molar-refractivity contribution in [2.45, 2.75) is 25.5 Å². The molecule has 0 aromatic heterocycles. The van der Waals surface area contributed by atoms with Gasteiger partial charge in [-0.25, -0.2) is 14.4 Å². The van der Waals surface area contributed by atoms with E-state index in [1.807, 2.05) is 55.5 Å². The standard InChI is InChI=1S/C30H32N2O8/c1-3-30(25-17-11-6-12-18-25,21-38-27(34)24-15-9-5-10-16-24)32(2)29(36)40-22-39-26(33)19-31-28(35)37-20-23-13-7-4-8-14-23/h4-18H,3,19-22H2,1-2H3,(H,31,35)/t30-/m1/s1. The first kappa shape index (κ1) is 29.7. The lowest BCUT2D eigenvalue weighted by Gasteiger charge is -2.40. The molecule has 2 amide bonds. The molecule has 0 unspecified atom stereocenters. The Morgan fingerprint density at radius 1 is 0.775 bits per heavy atom. The highest BCUT2D eigenvalue weighted by atomic mass is 16.7. The molecular formula is C30H32N2O8. The fraction of sp³-hybridized carbons (Fsp3) is 0.267. The summed E-state index contributed by atoms with van der Waals surface area (Å²) in [5, 5.41) is 2.27. The molecule has 0 aliphatic carbocycles. The molecule has 10 nitrogen and oxygen atoms in total. The van der Waals surface area contributed by atoms with Crippen LogP contribution in [0.15, 0.2) is 91.0 Å². The van der Waals surface area contributed by atoms with Crippen molar-refractivity contribution < 1.29 is 38.1 Å². The summed E-state index contributed by atoms with van der Waals surface area (Å²) in [6.45, 7) is 0.616. The Bertz CT molecular complexity index is 1250. The molecule has 210 valence electrons. The van der Waals surface area contributed by atoms with Gasteiger partial charge in [-0.3, -0.25) is 9.69 Å². The number of hydrogen-bond acceptors (Lipinski definition) is 8. The topological polar surface area (TPSA) is 120 Å². The lowest BCUT2D eigenvalue weighted by Crippen LogP contribution is -2.50. The number of esters is 2. The molecule has 0 radical (unpaired) electrons. The van der Waals surface area contributed by atoms with Crippen LogP contribution in [-0.4, -0.2) is 56.0 Å². The van der Waals surface area contributed by atoms with Crippen molar-refractivity contribution in [3.8, 4) is 0 Å². The third-order valence-electron chi connectivity index (χ3n) is 6.26. The van der Waals surface area contributed by atoms with Crippen molar-refractivity contribution in [2.24, 2.45) is 0 Å². The van der Waals surface area contributed by atoms with Crippen molar-refractivity contribution in [3.05, 3.63) is 108 Å². The van der Waals surface area contributed by atoms with E-state index in [1.165, 1.54) is 11.9 Å². The molecular weight excluding hydrogens is 516 g/mol. The Labute approximate surface area is 232 Å². The highest BCUT2D eigenvalue weighted by Crippen LogP contribution is 2.32. The van der Waals surface area contributed by atoms with Gasteiger partial charge in [0, 0.05) is 7.05 Å². The number of rotatable bonds is 12. The van der Waals surface area contributed by atoms with Gasteiger partial charge in [-0.2, -0.15) is 0 Å². The van der Waals surface area contributed by atoms with Crippen LogP contribution < -0.4 is 5.32 Å². The Kier molecular flexibility index (Phi) is 11.1. The second-order valence-electron chi connectivity index (χ2n) is 8.71. The summed E-state index contributed by atoms with van der Waals surface area (Å²) in [5.74, 6) is -1.35. The number of amides is 2. The number of carbonyl (C=O) groups excluding carboxylic acids is 4. The molecule has 0 saturated carbocycles. The van der Waals surface area contributed by atoms with E-state index in [0.29, 0.717) is 12.0 Å². The molecule has 3 aromatic rings. The predicted molar refractivity (Wildman–Crippen MR) is 145 cm³/mol. The van der Waals surface area contributed by atoms with Crippen molar-refractivity contribution >= 4 is 24.1 Å². The first-order chi connectivity index (χ1) is 19.4. The number of carbonyl (C=O) groups is 4. The molecule has 3 aromatic carbocycles. The van der Waals surface area contributed by atoms with Gasteiger partial charge in [-0.05, 0) is 29.7 Å². The first-order valence-electron chi connectivity index (χ1n) is 12.6. The monoisotopic (exact) mass is 548 g/mol. The van der Waals surface area contributed by atoms with Gasteiger partial charge in [0.25, 0.3) is 0 Å². The molecule has 0 spiro atoms. The van der Waals surface area contributed by atoms with Gasteiger partial charge in [0.15, 0.2) is 0 Å². The zero-order valence-electron chi connectivity index (χ0n) is 22.4. The third kappa shape index (κ3) is 8.32. The summed E-state index contributed by atoms with van der Waals surface area (Å²) in [4.78, 5) is 50.8. The largest absolute Gasteiger partial charge is 0.459 e. The van der Waals surface area contributed by atoms with Gasteiger partial charge >= 0.3 is 24.1 Å². The van der Waals surface area contributed by atoms with Crippen LogP contribution in [0.5, 0.6) is 0 Å². The molecule has 0 fully saturated rings. The first-order valence-corrected chi connectivity index (χ1v) is 12.6. The van der Waals surface area contributed by atoms with Gasteiger partial charge < -0.3 is 24.3 Å². The van der Waals surface area contributed by atoms with Crippen LogP contribution in [0.3, 0.4) is 0 Å². The van der Waals surface area contributed by atoms with Gasteiger partial charge in [0.05, 0.1) is 5.56 Å². The Hall–Kier alpha value is -4.86. The van der Waals surface area contributed by atoms with Crippen LogP contribution in [0.2, 0.25) is 0 Å². The molecule has 0 bridgehead atoms. The normalized spacial score (nSPS) is 11.8. The van der Waals surface area contributed by atoms with Crippen molar-refractivity contribution in [3.63, 3.8) is 0 Å². The summed E-state index contributed by atoms with van der Waals surface area (Å²) < 4.78 is 20.7. The maximum absolute atomic E-state index is 13.0. The van der Waals surface area contributed by atoms with Crippen LogP contribution in [-0.2, 0) is 35.9 Å². The molecule has 0 aliphatic rings. The quantitative estimate of drug-likeness (QED) is 0.197. The lowest BCUT2D eigenvalue weighted by molar-refractivity contribution is -0.151. The van der Waals surface area contributed by atoms with Crippen LogP contribution in [0.25, 0.3) is 0 Å². The number of ether oxygens (including phenoxy) is 4. The maximum atomic E-state index is 13.0. The van der Waals surface area contributed by atoms with Crippen LogP contribution in [0.1, 0.15) is 34.8 Å². The maximum Gasteiger partial charge on any atom is 0.413 e. The third-order valence-corrected chi connectivity index (χ3v) is 6.26. The lowest BCUT2D eigenvalue weighted by atomic mass is 9.86. The van der Waals surface area contributed by atoms with E-state index >= 15 is 0 Å². The van der Waals surface area contributed by atoms with E-state index in [1.54, 1.807) is 42.5 Å². The Balaban J connectivity index is 1.53. The summed E-state index contributed by atoms with van der Waals surface area (Å²) in [5.41, 5.74) is 0.852. The summed E-state index contributed by atoms with van der Waals surface area (Å²) >= 11 is 0. The van der Waals surface area contributed by atoms with Crippen molar-refractivity contribution in [1.29, 1.82) is 0 Å². The van der Waals surface area contributed by atoms with E-state index < -0.39 is 43.0 Å². The Morgan fingerprint density at radius 3 is 2.00 bits per heavy atom. The van der Waals surface area contributed by atoms with Crippen LogP contribution >= 0.6 is 0 Å². The minimum Gasteiger partial charge on any atom is -0.459 e. The smallest absolute Gasteiger partial charge is 0.413 e. The molecule has 3 rings (SSSR count). The predicted octanol–water partition coefficient (Wildman–Crippen LogP) is 4.64. The molecule has 40 heavy (non-hydrogen) atoms. The van der Waals surface area contributed by atoms with Crippen LogP contribution in [0, 0.1) is 0 Å². The van der Waals surface area contributed by atoms with Gasteiger partial charge in [0.2, 0.25) is 6.79 Å². The highest BCUT2D eigenvalue weighted by molar-refractivity contribution is 5.89. The minimum absolute atomic E-state index is 0.0485. The van der Waals surface area contributed by atoms with E-state index in [4.69, 9.17) is 18.9 Å². The summed E-state index contributed by atoms with van der Waals surface area (Å²) in [7, 11) is 1.52. The SMILES string of the molecule is CC[C@@](COC(=O)c1ccccc1)(c1ccccc1)N(C)C(=O)OCOC(=O)CNC(=O)OCc1ccccc1. The fourth-order valence-electron chi connectivity index (χ4n) is 3.89. The zero-order valence-corrected chi connectivity index (χ0v) is 22.4. The number of nitrogens with zero attached hydrogens (tertiary/aromatic N) is 1. The molecule has 1 atom stereocenters. The molecule has 1 N–H and O–H groups in total. The minimum atomic E-state index is -1.06. The fourth-order valence-corrected chi connectivity index (χ4v) is 3.89.